The van der Waals surface area contributed by atoms with Crippen molar-refractivity contribution in [2.45, 2.75) is 32.3 Å². The molecule has 0 spiro atoms. The first-order valence-electron chi connectivity index (χ1n) is 6.15. The summed E-state index contributed by atoms with van der Waals surface area (Å²) < 4.78 is 5.35. The second kappa shape index (κ2) is 5.36. The van der Waals surface area contributed by atoms with Gasteiger partial charge in [0.25, 0.3) is 5.91 Å². The maximum absolute atomic E-state index is 11.9. The molecular weight excluding hydrogens is 250 g/mol. The summed E-state index contributed by atoms with van der Waals surface area (Å²) in [7, 11) is 0. The van der Waals surface area contributed by atoms with E-state index >= 15 is 0 Å². The van der Waals surface area contributed by atoms with Crippen molar-refractivity contribution < 1.29 is 14.3 Å². The van der Waals surface area contributed by atoms with Crippen LogP contribution in [0.5, 0.6) is 0 Å². The number of aliphatic hydroxyl groups is 1. The molecule has 1 fully saturated rings. The lowest BCUT2D eigenvalue weighted by atomic mass is 9.97. The van der Waals surface area contributed by atoms with Gasteiger partial charge in [-0.25, -0.2) is 0 Å². The highest BCUT2D eigenvalue weighted by Crippen LogP contribution is 2.26. The van der Waals surface area contributed by atoms with Gasteiger partial charge in [-0.15, -0.1) is 0 Å². The van der Waals surface area contributed by atoms with Crippen molar-refractivity contribution in [2.24, 2.45) is 0 Å². The molecule has 2 rings (SSSR count). The van der Waals surface area contributed by atoms with Crippen LogP contribution in [0.2, 0.25) is 0 Å². The van der Waals surface area contributed by atoms with Gasteiger partial charge in [0.15, 0.2) is 5.76 Å². The molecule has 2 N–H and O–H groups in total. The SMILES string of the molecule is Cc1cc(C(=O)NCC2(O)CCSCC2)oc1C. The number of amides is 1. The lowest BCUT2D eigenvalue weighted by Crippen LogP contribution is -2.45. The van der Waals surface area contributed by atoms with Gasteiger partial charge in [-0.1, -0.05) is 0 Å². The number of aryl methyl sites for hydroxylation is 2. The normalized spacial score (nSPS) is 18.6. The first-order valence-corrected chi connectivity index (χ1v) is 7.31. The molecule has 100 valence electrons. The summed E-state index contributed by atoms with van der Waals surface area (Å²) in [6.07, 6.45) is 1.46. The molecule has 0 aliphatic carbocycles. The second-order valence-corrected chi connectivity index (χ2v) is 6.09. The fraction of sp³-hybridized carbons (Fsp3) is 0.615. The molecule has 0 radical (unpaired) electrons. The summed E-state index contributed by atoms with van der Waals surface area (Å²) in [6.45, 7) is 4.03. The van der Waals surface area contributed by atoms with E-state index in [1.165, 1.54) is 0 Å². The van der Waals surface area contributed by atoms with Gasteiger partial charge in [-0.05, 0) is 49.8 Å². The van der Waals surface area contributed by atoms with E-state index in [1.54, 1.807) is 6.07 Å². The average Bonchev–Trinajstić information content (AvgIpc) is 2.68. The number of carbonyl (C=O) groups excluding carboxylic acids is 1. The van der Waals surface area contributed by atoms with E-state index in [1.807, 2.05) is 25.6 Å². The number of carbonyl (C=O) groups is 1. The van der Waals surface area contributed by atoms with Crippen LogP contribution < -0.4 is 5.32 Å². The van der Waals surface area contributed by atoms with E-state index in [4.69, 9.17) is 4.42 Å². The fourth-order valence-electron chi connectivity index (χ4n) is 1.95. The predicted octanol–water partition coefficient (Wildman–Crippen LogP) is 1.88. The molecule has 0 aromatic carbocycles. The van der Waals surface area contributed by atoms with Crippen molar-refractivity contribution in [3.8, 4) is 0 Å². The number of hydrogen-bond acceptors (Lipinski definition) is 4. The van der Waals surface area contributed by atoms with E-state index in [0.29, 0.717) is 12.3 Å². The second-order valence-electron chi connectivity index (χ2n) is 4.87. The highest BCUT2D eigenvalue weighted by molar-refractivity contribution is 7.99. The van der Waals surface area contributed by atoms with Crippen molar-refractivity contribution >= 4 is 17.7 Å². The van der Waals surface area contributed by atoms with Crippen molar-refractivity contribution in [3.05, 3.63) is 23.2 Å². The number of rotatable bonds is 3. The highest BCUT2D eigenvalue weighted by Gasteiger charge is 2.30. The minimum atomic E-state index is -0.752. The van der Waals surface area contributed by atoms with Gasteiger partial charge in [0.2, 0.25) is 0 Å². The van der Waals surface area contributed by atoms with Crippen LogP contribution in [0.25, 0.3) is 0 Å². The molecule has 1 aromatic rings. The summed E-state index contributed by atoms with van der Waals surface area (Å²) in [4.78, 5) is 11.9. The smallest absolute Gasteiger partial charge is 0.287 e. The molecule has 2 heterocycles. The van der Waals surface area contributed by atoms with Crippen LogP contribution in [0, 0.1) is 13.8 Å². The molecule has 1 saturated heterocycles. The van der Waals surface area contributed by atoms with E-state index < -0.39 is 5.60 Å². The molecule has 1 aliphatic heterocycles. The minimum absolute atomic E-state index is 0.252. The Morgan fingerprint density at radius 3 is 2.72 bits per heavy atom. The van der Waals surface area contributed by atoms with E-state index in [2.05, 4.69) is 5.32 Å². The van der Waals surface area contributed by atoms with Gasteiger partial charge in [-0.2, -0.15) is 11.8 Å². The van der Waals surface area contributed by atoms with Crippen molar-refractivity contribution in [1.29, 1.82) is 0 Å². The van der Waals surface area contributed by atoms with Gasteiger partial charge in [0.05, 0.1) is 5.60 Å². The molecule has 1 aromatic heterocycles. The van der Waals surface area contributed by atoms with E-state index in [9.17, 15) is 9.90 Å². The first kappa shape index (κ1) is 13.5. The number of furan rings is 1. The molecule has 18 heavy (non-hydrogen) atoms. The molecule has 0 saturated carbocycles. The Labute approximate surface area is 111 Å². The van der Waals surface area contributed by atoms with Gasteiger partial charge in [0, 0.05) is 6.54 Å². The Kier molecular flexibility index (Phi) is 4.02. The molecule has 0 atom stereocenters. The summed E-state index contributed by atoms with van der Waals surface area (Å²) >= 11 is 1.84. The van der Waals surface area contributed by atoms with Crippen LogP contribution in [0.4, 0.5) is 0 Å². The summed E-state index contributed by atoms with van der Waals surface area (Å²) in [5.41, 5.74) is 0.213. The van der Waals surface area contributed by atoms with Crippen LogP contribution in [0.1, 0.15) is 34.7 Å². The summed E-state index contributed by atoms with van der Waals surface area (Å²) in [6, 6.07) is 1.73. The highest BCUT2D eigenvalue weighted by atomic mass is 32.2. The fourth-order valence-corrected chi connectivity index (χ4v) is 3.20. The zero-order chi connectivity index (χ0) is 13.2. The van der Waals surface area contributed by atoms with E-state index in [-0.39, 0.29) is 5.91 Å². The van der Waals surface area contributed by atoms with Crippen molar-refractivity contribution in [2.75, 3.05) is 18.1 Å². The third-order valence-corrected chi connectivity index (χ3v) is 4.38. The number of thioether (sulfide) groups is 1. The molecule has 4 nitrogen and oxygen atoms in total. The zero-order valence-corrected chi connectivity index (χ0v) is 11.6. The monoisotopic (exact) mass is 269 g/mol. The van der Waals surface area contributed by atoms with Crippen molar-refractivity contribution in [1.82, 2.24) is 5.32 Å². The molecular formula is C13H19NO3S. The van der Waals surface area contributed by atoms with Gasteiger partial charge in [-0.3, -0.25) is 4.79 Å². The Morgan fingerprint density at radius 2 is 2.17 bits per heavy atom. The number of nitrogens with one attached hydrogen (secondary N) is 1. The lowest BCUT2D eigenvalue weighted by Gasteiger charge is -2.31. The minimum Gasteiger partial charge on any atom is -0.456 e. The summed E-state index contributed by atoms with van der Waals surface area (Å²) in [5, 5.41) is 13.0. The molecule has 0 bridgehead atoms. The Bertz CT molecular complexity index is 416. The molecule has 1 aliphatic rings. The predicted molar refractivity (Wildman–Crippen MR) is 72.0 cm³/mol. The lowest BCUT2D eigenvalue weighted by molar-refractivity contribution is 0.0307. The number of hydrogen-bond donors (Lipinski definition) is 2. The maximum atomic E-state index is 11.9. The maximum Gasteiger partial charge on any atom is 0.287 e. The average molecular weight is 269 g/mol. The molecule has 0 unspecified atom stereocenters. The quantitative estimate of drug-likeness (QED) is 0.879. The Morgan fingerprint density at radius 1 is 1.50 bits per heavy atom. The summed E-state index contributed by atoms with van der Waals surface area (Å²) in [5.74, 6) is 2.72. The molecule has 1 amide bonds. The van der Waals surface area contributed by atoms with Crippen LogP contribution in [-0.2, 0) is 0 Å². The Hall–Kier alpha value is -0.940. The van der Waals surface area contributed by atoms with E-state index in [0.717, 1.165) is 35.7 Å². The third kappa shape index (κ3) is 3.09. The first-order chi connectivity index (χ1) is 8.50. The topological polar surface area (TPSA) is 62.5 Å². The molecule has 5 heteroatoms. The Balaban J connectivity index is 1.91. The standard InChI is InChI=1S/C13H19NO3S/c1-9-7-11(17-10(9)2)12(15)14-8-13(16)3-5-18-6-4-13/h7,16H,3-6,8H2,1-2H3,(H,14,15). The van der Waals surface area contributed by atoms with Crippen LogP contribution in [0.15, 0.2) is 10.5 Å². The van der Waals surface area contributed by atoms with Gasteiger partial charge < -0.3 is 14.8 Å². The van der Waals surface area contributed by atoms with Crippen molar-refractivity contribution in [3.63, 3.8) is 0 Å². The van der Waals surface area contributed by atoms with Gasteiger partial charge >= 0.3 is 0 Å². The van der Waals surface area contributed by atoms with Crippen LogP contribution >= 0.6 is 11.8 Å². The van der Waals surface area contributed by atoms with Crippen LogP contribution in [-0.4, -0.2) is 34.7 Å². The third-order valence-electron chi connectivity index (χ3n) is 3.39. The zero-order valence-electron chi connectivity index (χ0n) is 10.8. The van der Waals surface area contributed by atoms with Gasteiger partial charge in [0.1, 0.15) is 5.76 Å². The van der Waals surface area contributed by atoms with Crippen LogP contribution in [0.3, 0.4) is 0 Å². The largest absolute Gasteiger partial charge is 0.456 e.